The number of anilines is 2. The minimum Gasteiger partial charge on any atom is -0.398 e. The first kappa shape index (κ1) is 15.1. The summed E-state index contributed by atoms with van der Waals surface area (Å²) in [5, 5.41) is 22.3. The first-order valence-electron chi connectivity index (χ1n) is 6.48. The quantitative estimate of drug-likeness (QED) is 0.403. The van der Waals surface area contributed by atoms with E-state index in [0.29, 0.717) is 0 Å². The third-order valence-corrected chi connectivity index (χ3v) is 3.73. The van der Waals surface area contributed by atoms with Gasteiger partial charge >= 0.3 is 0 Å². The lowest BCUT2D eigenvalue weighted by molar-refractivity contribution is -0.385. The monoisotopic (exact) mass is 328 g/mol. The number of carbonyl (C=O) groups is 2. The average molecular weight is 328 g/mol. The minimum atomic E-state index is -0.945. The Morgan fingerprint density at radius 3 is 1.29 bits per heavy atom. The van der Waals surface area contributed by atoms with Crippen molar-refractivity contribution in [3.8, 4) is 0 Å². The van der Waals surface area contributed by atoms with E-state index in [9.17, 15) is 29.8 Å². The van der Waals surface area contributed by atoms with Crippen molar-refractivity contribution in [2.75, 3.05) is 11.5 Å². The first-order valence-corrected chi connectivity index (χ1v) is 6.48. The van der Waals surface area contributed by atoms with Gasteiger partial charge in [-0.25, -0.2) is 0 Å². The van der Waals surface area contributed by atoms with Gasteiger partial charge in [0.2, 0.25) is 11.6 Å². The van der Waals surface area contributed by atoms with Gasteiger partial charge in [-0.2, -0.15) is 0 Å². The molecule has 0 atom stereocenters. The van der Waals surface area contributed by atoms with Crippen molar-refractivity contribution < 1.29 is 19.4 Å². The number of benzene rings is 2. The number of hydrogen-bond donors (Lipinski definition) is 2. The fourth-order valence-electron chi connectivity index (χ4n) is 2.72. The maximum absolute atomic E-state index is 12.7. The highest BCUT2D eigenvalue weighted by Gasteiger charge is 2.42. The van der Waals surface area contributed by atoms with Gasteiger partial charge in [-0.15, -0.1) is 0 Å². The second kappa shape index (κ2) is 4.84. The maximum atomic E-state index is 12.7. The van der Waals surface area contributed by atoms with Crippen LogP contribution in [0.2, 0.25) is 0 Å². The van der Waals surface area contributed by atoms with E-state index < -0.39 is 55.0 Å². The van der Waals surface area contributed by atoms with Crippen molar-refractivity contribution in [3.63, 3.8) is 0 Å². The van der Waals surface area contributed by atoms with Crippen LogP contribution in [-0.4, -0.2) is 21.4 Å². The molecule has 1 aliphatic rings. The second-order valence-corrected chi connectivity index (χ2v) is 5.02. The molecule has 0 aliphatic heterocycles. The number of nitro benzene ring substituents is 2. The molecule has 0 saturated heterocycles. The highest BCUT2D eigenvalue weighted by Crippen LogP contribution is 2.41. The molecule has 0 amide bonds. The van der Waals surface area contributed by atoms with Gasteiger partial charge in [-0.05, 0) is 12.1 Å². The van der Waals surface area contributed by atoms with Crippen LogP contribution in [0.5, 0.6) is 0 Å². The summed E-state index contributed by atoms with van der Waals surface area (Å²) in [6.07, 6.45) is 0. The summed E-state index contributed by atoms with van der Waals surface area (Å²) in [6.45, 7) is 0. The molecule has 4 N–H and O–H groups in total. The molecule has 2 aromatic carbocycles. The van der Waals surface area contributed by atoms with E-state index in [1.54, 1.807) is 0 Å². The SMILES string of the molecule is Nc1ccc([N+](=O)[O-])c2c1C(=O)c1c([N+](=O)[O-])ccc(N)c1C2=O. The zero-order valence-electron chi connectivity index (χ0n) is 11.8. The standard InChI is InChI=1S/C14H8N4O6/c15-5-1-3-7(17(21)22)11-9(5)13(19)12-8(18(23)24)4-2-6(16)10(12)14(11)20/h1-4H,15-16H2. The molecule has 0 fully saturated rings. The number of hydrogen-bond acceptors (Lipinski definition) is 8. The van der Waals surface area contributed by atoms with E-state index in [4.69, 9.17) is 11.5 Å². The Morgan fingerprint density at radius 1 is 0.667 bits per heavy atom. The van der Waals surface area contributed by atoms with Crippen molar-refractivity contribution in [1.29, 1.82) is 0 Å². The summed E-state index contributed by atoms with van der Waals surface area (Å²) < 4.78 is 0. The lowest BCUT2D eigenvalue weighted by atomic mass is 9.81. The van der Waals surface area contributed by atoms with Gasteiger partial charge in [-0.3, -0.25) is 29.8 Å². The van der Waals surface area contributed by atoms with Gasteiger partial charge in [-0.1, -0.05) is 0 Å². The highest BCUT2D eigenvalue weighted by molar-refractivity contribution is 6.34. The number of ketones is 2. The number of nitrogens with zero attached hydrogens (tertiary/aromatic N) is 2. The van der Waals surface area contributed by atoms with Gasteiger partial charge in [0.15, 0.2) is 0 Å². The third-order valence-electron chi connectivity index (χ3n) is 3.73. The van der Waals surface area contributed by atoms with Gasteiger partial charge < -0.3 is 11.5 Å². The molecule has 0 spiro atoms. The molecule has 10 nitrogen and oxygen atoms in total. The number of nitro groups is 2. The van der Waals surface area contributed by atoms with Crippen molar-refractivity contribution in [3.05, 3.63) is 66.7 Å². The molecule has 24 heavy (non-hydrogen) atoms. The largest absolute Gasteiger partial charge is 0.398 e. The molecule has 10 heteroatoms. The van der Waals surface area contributed by atoms with Crippen LogP contribution in [0.15, 0.2) is 24.3 Å². The molecule has 1 aliphatic carbocycles. The van der Waals surface area contributed by atoms with Gasteiger partial charge in [0, 0.05) is 23.5 Å². The van der Waals surface area contributed by atoms with E-state index in [1.807, 2.05) is 0 Å². The Kier molecular flexibility index (Phi) is 3.04. The molecular weight excluding hydrogens is 320 g/mol. The van der Waals surface area contributed by atoms with Crippen molar-refractivity contribution in [1.82, 2.24) is 0 Å². The van der Waals surface area contributed by atoms with Crippen LogP contribution >= 0.6 is 0 Å². The van der Waals surface area contributed by atoms with Gasteiger partial charge in [0.1, 0.15) is 11.1 Å². The van der Waals surface area contributed by atoms with Crippen LogP contribution in [-0.2, 0) is 0 Å². The molecule has 0 heterocycles. The lowest BCUT2D eigenvalue weighted by Gasteiger charge is -2.19. The van der Waals surface area contributed by atoms with Crippen LogP contribution < -0.4 is 11.5 Å². The van der Waals surface area contributed by atoms with E-state index in [1.165, 1.54) is 0 Å². The molecule has 0 saturated carbocycles. The summed E-state index contributed by atoms with van der Waals surface area (Å²) in [6, 6.07) is 4.20. The summed E-state index contributed by atoms with van der Waals surface area (Å²) in [4.78, 5) is 46.1. The Morgan fingerprint density at radius 2 is 1.00 bits per heavy atom. The minimum absolute atomic E-state index is 0.184. The summed E-state index contributed by atoms with van der Waals surface area (Å²) in [5.74, 6) is -1.89. The smallest absolute Gasteiger partial charge is 0.281 e. The maximum Gasteiger partial charge on any atom is 0.281 e. The zero-order valence-corrected chi connectivity index (χ0v) is 11.8. The number of rotatable bonds is 2. The Hall–Kier alpha value is -3.82. The molecule has 0 bridgehead atoms. The fourth-order valence-corrected chi connectivity index (χ4v) is 2.72. The normalized spacial score (nSPS) is 12.5. The lowest BCUT2D eigenvalue weighted by Crippen LogP contribution is -2.26. The zero-order chi connectivity index (χ0) is 17.8. The van der Waals surface area contributed by atoms with Gasteiger partial charge in [0.25, 0.3) is 11.4 Å². The van der Waals surface area contributed by atoms with E-state index in [0.717, 1.165) is 24.3 Å². The van der Waals surface area contributed by atoms with Gasteiger partial charge in [0.05, 0.1) is 21.0 Å². The highest BCUT2D eigenvalue weighted by atomic mass is 16.6. The molecule has 0 radical (unpaired) electrons. The summed E-state index contributed by atoms with van der Waals surface area (Å²) in [5.41, 5.74) is 7.91. The molecule has 2 aromatic rings. The number of fused-ring (bicyclic) bond motifs is 2. The number of carbonyl (C=O) groups excluding carboxylic acids is 2. The van der Waals surface area contributed by atoms with Crippen molar-refractivity contribution >= 4 is 34.3 Å². The topological polar surface area (TPSA) is 172 Å². The average Bonchev–Trinajstić information content (AvgIpc) is 2.51. The van der Waals surface area contributed by atoms with Crippen LogP contribution in [0.1, 0.15) is 31.8 Å². The Labute approximate surface area is 133 Å². The third kappa shape index (κ3) is 1.83. The van der Waals surface area contributed by atoms with E-state index >= 15 is 0 Å². The first-order chi connectivity index (χ1) is 11.3. The molecule has 0 unspecified atom stereocenters. The van der Waals surface area contributed by atoms with E-state index in [-0.39, 0.29) is 11.4 Å². The summed E-state index contributed by atoms with van der Waals surface area (Å²) >= 11 is 0. The predicted octanol–water partition coefficient (Wildman–Crippen LogP) is 1.44. The number of nitrogens with two attached hydrogens (primary N) is 2. The van der Waals surface area contributed by atoms with E-state index in [2.05, 4.69) is 0 Å². The van der Waals surface area contributed by atoms with Crippen LogP contribution in [0.3, 0.4) is 0 Å². The molecular formula is C14H8N4O6. The summed E-state index contributed by atoms with van der Waals surface area (Å²) in [7, 11) is 0. The fraction of sp³-hybridized carbons (Fsp3) is 0. The molecule has 0 aromatic heterocycles. The molecule has 3 rings (SSSR count). The Bertz CT molecular complexity index is 902. The van der Waals surface area contributed by atoms with Crippen molar-refractivity contribution in [2.24, 2.45) is 0 Å². The van der Waals surface area contributed by atoms with Crippen LogP contribution in [0, 0.1) is 20.2 Å². The second-order valence-electron chi connectivity index (χ2n) is 5.02. The Balaban J connectivity index is 2.47. The predicted molar refractivity (Wildman–Crippen MR) is 81.9 cm³/mol. The van der Waals surface area contributed by atoms with Crippen LogP contribution in [0.25, 0.3) is 0 Å². The number of nitrogen functional groups attached to an aromatic ring is 2. The molecule has 120 valence electrons. The van der Waals surface area contributed by atoms with Crippen molar-refractivity contribution in [2.45, 2.75) is 0 Å². The van der Waals surface area contributed by atoms with Crippen LogP contribution in [0.4, 0.5) is 22.7 Å².